The van der Waals surface area contributed by atoms with Crippen LogP contribution < -0.4 is 5.32 Å². The summed E-state index contributed by atoms with van der Waals surface area (Å²) in [5.41, 5.74) is 2.14. The second-order valence-electron chi connectivity index (χ2n) is 5.82. The molecule has 3 rings (SSSR count). The van der Waals surface area contributed by atoms with Crippen LogP contribution in [0.3, 0.4) is 0 Å². The number of nitrogens with one attached hydrogen (secondary N) is 2. The van der Waals surface area contributed by atoms with Gasteiger partial charge < -0.3 is 19.8 Å². The molecule has 1 aromatic carbocycles. The van der Waals surface area contributed by atoms with E-state index >= 15 is 0 Å². The molecule has 0 fully saturated rings. The Morgan fingerprint density at radius 3 is 2.76 bits per heavy atom. The molecule has 0 aliphatic carbocycles. The topological polar surface area (TPSA) is 74.1 Å². The number of H-pyrrole nitrogens is 1. The van der Waals surface area contributed by atoms with Crippen molar-refractivity contribution in [1.82, 2.24) is 29.7 Å². The summed E-state index contributed by atoms with van der Waals surface area (Å²) < 4.78 is 1.99. The molecule has 0 saturated carbocycles. The van der Waals surface area contributed by atoms with Crippen LogP contribution in [0.2, 0.25) is 0 Å². The molecule has 2 aromatic heterocycles. The minimum Gasteiger partial charge on any atom is -0.349 e. The summed E-state index contributed by atoms with van der Waals surface area (Å²) >= 11 is 0. The number of hydrogen-bond acceptors (Lipinski definition) is 3. The summed E-state index contributed by atoms with van der Waals surface area (Å²) in [5.74, 6) is 2.64. The molecule has 0 amide bonds. The Hall–Kier alpha value is -3.09. The maximum absolute atomic E-state index is 4.48. The molecule has 2 N–H and O–H groups in total. The number of aryl methyl sites for hydroxylation is 1. The SMILES string of the molecule is CN=C(NCc1nccn1C)N(C)Cc1ncc(-c2ccccc2)[nH]1. The summed E-state index contributed by atoms with van der Waals surface area (Å²) in [6.07, 6.45) is 5.58. The maximum Gasteiger partial charge on any atom is 0.194 e. The zero-order valence-corrected chi connectivity index (χ0v) is 14.8. The van der Waals surface area contributed by atoms with Crippen molar-refractivity contribution in [3.63, 3.8) is 0 Å². The number of benzene rings is 1. The summed E-state index contributed by atoms with van der Waals surface area (Å²) in [6.45, 7) is 1.25. The number of rotatable bonds is 5. The molecule has 2 heterocycles. The highest BCUT2D eigenvalue weighted by Crippen LogP contribution is 2.16. The van der Waals surface area contributed by atoms with Gasteiger partial charge in [0.05, 0.1) is 25.0 Å². The molecule has 0 aliphatic heterocycles. The largest absolute Gasteiger partial charge is 0.349 e. The van der Waals surface area contributed by atoms with Crippen molar-refractivity contribution >= 4 is 5.96 Å². The van der Waals surface area contributed by atoms with E-state index in [4.69, 9.17) is 0 Å². The van der Waals surface area contributed by atoms with Gasteiger partial charge in [-0.15, -0.1) is 0 Å². The first-order chi connectivity index (χ1) is 12.2. The van der Waals surface area contributed by atoms with Gasteiger partial charge in [-0.25, -0.2) is 9.97 Å². The van der Waals surface area contributed by atoms with Gasteiger partial charge >= 0.3 is 0 Å². The summed E-state index contributed by atoms with van der Waals surface area (Å²) in [7, 11) is 5.73. The van der Waals surface area contributed by atoms with Gasteiger partial charge in [0, 0.05) is 33.5 Å². The lowest BCUT2D eigenvalue weighted by Crippen LogP contribution is -2.38. The second kappa shape index (κ2) is 7.65. The first-order valence-electron chi connectivity index (χ1n) is 8.14. The van der Waals surface area contributed by atoms with Crippen molar-refractivity contribution in [2.45, 2.75) is 13.1 Å². The van der Waals surface area contributed by atoms with E-state index in [1.807, 2.05) is 54.2 Å². The van der Waals surface area contributed by atoms with Crippen LogP contribution in [0.4, 0.5) is 0 Å². The molecule has 0 spiro atoms. The third-order valence-electron chi connectivity index (χ3n) is 4.00. The lowest BCUT2D eigenvalue weighted by molar-refractivity contribution is 0.462. The lowest BCUT2D eigenvalue weighted by Gasteiger charge is -2.21. The van der Waals surface area contributed by atoms with Gasteiger partial charge in [0.1, 0.15) is 11.6 Å². The molecule has 3 aromatic rings. The summed E-state index contributed by atoms with van der Waals surface area (Å²) in [4.78, 5) is 18.5. The molecule has 0 unspecified atom stereocenters. The van der Waals surface area contributed by atoms with Gasteiger partial charge in [0.25, 0.3) is 0 Å². The molecule has 0 saturated heterocycles. The van der Waals surface area contributed by atoms with Crippen LogP contribution >= 0.6 is 0 Å². The quantitative estimate of drug-likeness (QED) is 0.552. The van der Waals surface area contributed by atoms with Crippen LogP contribution in [0, 0.1) is 0 Å². The van der Waals surface area contributed by atoms with Crippen molar-refractivity contribution in [2.24, 2.45) is 12.0 Å². The van der Waals surface area contributed by atoms with Crippen LogP contribution in [0.5, 0.6) is 0 Å². The van der Waals surface area contributed by atoms with Crippen molar-refractivity contribution in [1.29, 1.82) is 0 Å². The number of aromatic amines is 1. The first-order valence-corrected chi connectivity index (χ1v) is 8.14. The minimum atomic E-state index is 0.619. The molecule has 7 heteroatoms. The molecule has 0 bridgehead atoms. The molecular weight excluding hydrogens is 314 g/mol. The molecular formula is C18H23N7. The van der Waals surface area contributed by atoms with Crippen LogP contribution in [-0.2, 0) is 20.1 Å². The highest BCUT2D eigenvalue weighted by atomic mass is 15.3. The van der Waals surface area contributed by atoms with Gasteiger partial charge in [-0.1, -0.05) is 30.3 Å². The fourth-order valence-corrected chi connectivity index (χ4v) is 2.62. The molecule has 0 atom stereocenters. The van der Waals surface area contributed by atoms with E-state index in [0.29, 0.717) is 13.1 Å². The molecule has 130 valence electrons. The van der Waals surface area contributed by atoms with Crippen LogP contribution in [-0.4, -0.2) is 44.5 Å². The number of aliphatic imine (C=N–C) groups is 1. The Bertz CT molecular complexity index is 832. The summed E-state index contributed by atoms with van der Waals surface area (Å²) in [6, 6.07) is 10.2. The predicted molar refractivity (Wildman–Crippen MR) is 98.9 cm³/mol. The van der Waals surface area contributed by atoms with Crippen LogP contribution in [0.1, 0.15) is 11.6 Å². The number of aromatic nitrogens is 4. The third-order valence-corrected chi connectivity index (χ3v) is 4.00. The lowest BCUT2D eigenvalue weighted by atomic mass is 10.2. The van der Waals surface area contributed by atoms with Crippen molar-refractivity contribution in [3.8, 4) is 11.3 Å². The molecule has 0 aliphatic rings. The second-order valence-corrected chi connectivity index (χ2v) is 5.82. The Morgan fingerprint density at radius 2 is 2.08 bits per heavy atom. The number of guanidine groups is 1. The number of nitrogens with zero attached hydrogens (tertiary/aromatic N) is 5. The Labute approximate surface area is 147 Å². The first kappa shape index (κ1) is 16.8. The third kappa shape index (κ3) is 4.06. The van der Waals surface area contributed by atoms with E-state index in [2.05, 4.69) is 37.4 Å². The van der Waals surface area contributed by atoms with Gasteiger partial charge in [-0.2, -0.15) is 0 Å². The normalized spacial score (nSPS) is 11.6. The highest BCUT2D eigenvalue weighted by Gasteiger charge is 2.10. The van der Waals surface area contributed by atoms with Crippen LogP contribution in [0.15, 0.2) is 53.9 Å². The zero-order valence-electron chi connectivity index (χ0n) is 14.8. The smallest absolute Gasteiger partial charge is 0.194 e. The van der Waals surface area contributed by atoms with Gasteiger partial charge in [-0.3, -0.25) is 4.99 Å². The fourth-order valence-electron chi connectivity index (χ4n) is 2.62. The van der Waals surface area contributed by atoms with Gasteiger partial charge in [0.15, 0.2) is 5.96 Å². The van der Waals surface area contributed by atoms with E-state index in [0.717, 1.165) is 28.9 Å². The summed E-state index contributed by atoms with van der Waals surface area (Å²) in [5, 5.41) is 3.32. The maximum atomic E-state index is 4.48. The molecule has 7 nitrogen and oxygen atoms in total. The number of hydrogen-bond donors (Lipinski definition) is 2. The zero-order chi connectivity index (χ0) is 17.6. The van der Waals surface area contributed by atoms with E-state index in [9.17, 15) is 0 Å². The Kier molecular flexibility index (Phi) is 5.13. The van der Waals surface area contributed by atoms with E-state index in [1.165, 1.54) is 0 Å². The van der Waals surface area contributed by atoms with Crippen molar-refractivity contribution in [2.75, 3.05) is 14.1 Å². The average molecular weight is 337 g/mol. The van der Waals surface area contributed by atoms with E-state index in [1.54, 1.807) is 13.2 Å². The van der Waals surface area contributed by atoms with E-state index in [-0.39, 0.29) is 0 Å². The fraction of sp³-hybridized carbons (Fsp3) is 0.278. The van der Waals surface area contributed by atoms with Gasteiger partial charge in [-0.05, 0) is 5.56 Å². The van der Waals surface area contributed by atoms with Crippen molar-refractivity contribution < 1.29 is 0 Å². The molecule has 0 radical (unpaired) electrons. The minimum absolute atomic E-state index is 0.619. The standard InChI is InChI=1S/C18H23N7/c1-19-18(22-12-17-20-9-10-24(17)2)25(3)13-16-21-11-15(23-16)14-7-5-4-6-8-14/h4-11H,12-13H2,1-3H3,(H,19,22)(H,21,23). The van der Waals surface area contributed by atoms with E-state index < -0.39 is 0 Å². The van der Waals surface area contributed by atoms with Gasteiger partial charge in [0.2, 0.25) is 0 Å². The van der Waals surface area contributed by atoms with Crippen LogP contribution in [0.25, 0.3) is 11.3 Å². The number of imidazole rings is 2. The average Bonchev–Trinajstić information content (AvgIpc) is 3.25. The monoisotopic (exact) mass is 337 g/mol. The Balaban J connectivity index is 1.61. The molecule has 25 heavy (non-hydrogen) atoms. The van der Waals surface area contributed by atoms with Crippen molar-refractivity contribution in [3.05, 3.63) is 60.6 Å². The predicted octanol–water partition coefficient (Wildman–Crippen LogP) is 2.02. The highest BCUT2D eigenvalue weighted by molar-refractivity contribution is 5.79. The Morgan fingerprint density at radius 1 is 1.28 bits per heavy atom.